The van der Waals surface area contributed by atoms with Crippen molar-refractivity contribution in [1.29, 1.82) is 0 Å². The Bertz CT molecular complexity index is 610. The molecule has 0 aliphatic heterocycles. The van der Waals surface area contributed by atoms with Gasteiger partial charge in [0.2, 0.25) is 0 Å². The molecule has 0 amide bonds. The van der Waals surface area contributed by atoms with Crippen molar-refractivity contribution in [1.82, 2.24) is 4.98 Å². The maximum Gasteiger partial charge on any atom is 0.347 e. The third-order valence-corrected chi connectivity index (χ3v) is 4.07. The van der Waals surface area contributed by atoms with Crippen LogP contribution in [0.25, 0.3) is 0 Å². The average Bonchev–Trinajstić information content (AvgIpc) is 2.64. The van der Waals surface area contributed by atoms with Crippen LogP contribution in [0.2, 0.25) is 0 Å². The van der Waals surface area contributed by atoms with E-state index in [1.165, 1.54) is 0 Å². The Morgan fingerprint density at radius 1 is 1.44 bits per heavy atom. The van der Waals surface area contributed by atoms with E-state index in [0.29, 0.717) is 10.8 Å². The first-order valence-electron chi connectivity index (χ1n) is 5.21. The lowest BCUT2D eigenvalue weighted by molar-refractivity contribution is 0.0701. The molecule has 0 aliphatic carbocycles. The van der Waals surface area contributed by atoms with Crippen LogP contribution in [-0.2, 0) is 0 Å². The van der Waals surface area contributed by atoms with Crippen molar-refractivity contribution in [3.05, 3.63) is 38.8 Å². The van der Waals surface area contributed by atoms with Gasteiger partial charge in [0.1, 0.15) is 4.88 Å². The summed E-state index contributed by atoms with van der Waals surface area (Å²) in [7, 11) is 0. The van der Waals surface area contributed by atoms with E-state index in [4.69, 9.17) is 5.11 Å². The first-order valence-corrected chi connectivity index (χ1v) is 6.82. The van der Waals surface area contributed by atoms with E-state index in [2.05, 4.69) is 26.2 Å². The second kappa shape index (κ2) is 5.07. The lowest BCUT2D eigenvalue weighted by atomic mass is 10.2. The van der Waals surface area contributed by atoms with Gasteiger partial charge < -0.3 is 10.4 Å². The SMILES string of the molecule is Cc1ccc(Nc2nc(C)c(C(=O)O)s2)c(Br)c1. The van der Waals surface area contributed by atoms with Crippen LogP contribution in [0.1, 0.15) is 20.9 Å². The third-order valence-electron chi connectivity index (χ3n) is 2.36. The maximum atomic E-state index is 10.9. The molecule has 2 aromatic rings. The van der Waals surface area contributed by atoms with Gasteiger partial charge in [0.25, 0.3) is 0 Å². The number of carbonyl (C=O) groups is 1. The summed E-state index contributed by atoms with van der Waals surface area (Å²) in [5, 5.41) is 12.7. The van der Waals surface area contributed by atoms with Gasteiger partial charge in [-0.1, -0.05) is 17.4 Å². The van der Waals surface area contributed by atoms with Crippen LogP contribution in [0.3, 0.4) is 0 Å². The Labute approximate surface area is 117 Å². The second-order valence-corrected chi connectivity index (χ2v) is 5.70. The van der Waals surface area contributed by atoms with Crippen molar-refractivity contribution >= 4 is 44.1 Å². The lowest BCUT2D eigenvalue weighted by Crippen LogP contribution is -1.94. The number of hydrogen-bond acceptors (Lipinski definition) is 4. The molecule has 0 atom stereocenters. The van der Waals surface area contributed by atoms with E-state index in [9.17, 15) is 4.79 Å². The minimum absolute atomic E-state index is 0.265. The Morgan fingerprint density at radius 3 is 2.72 bits per heavy atom. The van der Waals surface area contributed by atoms with Gasteiger partial charge in [0.05, 0.1) is 11.4 Å². The predicted octanol–water partition coefficient (Wildman–Crippen LogP) is 3.96. The molecule has 18 heavy (non-hydrogen) atoms. The number of benzene rings is 1. The number of nitrogens with zero attached hydrogens (tertiary/aromatic N) is 1. The zero-order chi connectivity index (χ0) is 13.3. The van der Waals surface area contributed by atoms with Crippen LogP contribution in [0, 0.1) is 13.8 Å². The molecule has 0 aliphatic rings. The van der Waals surface area contributed by atoms with Gasteiger partial charge in [-0.3, -0.25) is 0 Å². The number of carboxylic acids is 1. The molecule has 6 heteroatoms. The van der Waals surface area contributed by atoms with Gasteiger partial charge in [-0.05, 0) is 47.5 Å². The number of thiazole rings is 1. The zero-order valence-electron chi connectivity index (χ0n) is 9.82. The normalized spacial score (nSPS) is 10.4. The fourth-order valence-corrected chi connectivity index (χ4v) is 2.89. The lowest BCUT2D eigenvalue weighted by Gasteiger charge is -2.05. The molecule has 0 fully saturated rings. The van der Waals surface area contributed by atoms with Crippen molar-refractivity contribution in [2.24, 2.45) is 0 Å². The van der Waals surface area contributed by atoms with Crippen LogP contribution in [0.4, 0.5) is 10.8 Å². The molecule has 2 rings (SSSR count). The molecular formula is C12H11BrN2O2S. The zero-order valence-corrected chi connectivity index (χ0v) is 12.2. The molecule has 0 radical (unpaired) electrons. The number of aromatic nitrogens is 1. The molecule has 0 saturated carbocycles. The largest absolute Gasteiger partial charge is 0.477 e. The van der Waals surface area contributed by atoms with E-state index in [-0.39, 0.29) is 4.88 Å². The number of rotatable bonds is 3. The number of halogens is 1. The minimum Gasteiger partial charge on any atom is -0.477 e. The van der Waals surface area contributed by atoms with Crippen molar-refractivity contribution in [2.45, 2.75) is 13.8 Å². The molecule has 1 aromatic heterocycles. The average molecular weight is 327 g/mol. The minimum atomic E-state index is -0.943. The van der Waals surface area contributed by atoms with Crippen LogP contribution >= 0.6 is 27.3 Å². The fourth-order valence-electron chi connectivity index (χ4n) is 1.49. The summed E-state index contributed by atoms with van der Waals surface area (Å²) >= 11 is 4.59. The van der Waals surface area contributed by atoms with Gasteiger partial charge in [-0.25, -0.2) is 9.78 Å². The molecule has 0 spiro atoms. The summed E-state index contributed by atoms with van der Waals surface area (Å²) in [4.78, 5) is 15.4. The van der Waals surface area contributed by atoms with E-state index in [1.807, 2.05) is 25.1 Å². The highest BCUT2D eigenvalue weighted by atomic mass is 79.9. The first-order chi connectivity index (χ1) is 8.47. The van der Waals surface area contributed by atoms with Gasteiger partial charge >= 0.3 is 5.97 Å². The molecule has 1 aromatic carbocycles. The smallest absolute Gasteiger partial charge is 0.347 e. The summed E-state index contributed by atoms with van der Waals surface area (Å²) in [5.41, 5.74) is 2.54. The monoisotopic (exact) mass is 326 g/mol. The van der Waals surface area contributed by atoms with Crippen molar-refractivity contribution < 1.29 is 9.90 Å². The molecule has 0 bridgehead atoms. The molecule has 0 saturated heterocycles. The summed E-state index contributed by atoms with van der Waals surface area (Å²) in [5.74, 6) is -0.943. The summed E-state index contributed by atoms with van der Waals surface area (Å²) in [6, 6.07) is 5.89. The summed E-state index contributed by atoms with van der Waals surface area (Å²) < 4.78 is 0.923. The van der Waals surface area contributed by atoms with Crippen molar-refractivity contribution in [2.75, 3.05) is 5.32 Å². The molecular weight excluding hydrogens is 316 g/mol. The Balaban J connectivity index is 2.29. The van der Waals surface area contributed by atoms with Crippen LogP contribution in [-0.4, -0.2) is 16.1 Å². The third kappa shape index (κ3) is 2.70. The van der Waals surface area contributed by atoms with Crippen LogP contribution in [0.15, 0.2) is 22.7 Å². The summed E-state index contributed by atoms with van der Waals surface area (Å²) in [6.45, 7) is 3.69. The Hall–Kier alpha value is -1.40. The quantitative estimate of drug-likeness (QED) is 0.896. The molecule has 0 unspecified atom stereocenters. The van der Waals surface area contributed by atoms with Gasteiger partial charge in [-0.2, -0.15) is 0 Å². The second-order valence-electron chi connectivity index (χ2n) is 3.85. The molecule has 4 nitrogen and oxygen atoms in total. The van der Waals surface area contributed by atoms with E-state index in [1.54, 1.807) is 6.92 Å². The van der Waals surface area contributed by atoms with Crippen LogP contribution < -0.4 is 5.32 Å². The summed E-state index contributed by atoms with van der Waals surface area (Å²) in [6.07, 6.45) is 0. The predicted molar refractivity (Wildman–Crippen MR) is 76.0 cm³/mol. The highest BCUT2D eigenvalue weighted by Gasteiger charge is 2.14. The first kappa shape index (κ1) is 13.0. The fraction of sp³-hybridized carbons (Fsp3) is 0.167. The number of carboxylic acid groups (broad SMARTS) is 1. The van der Waals surface area contributed by atoms with Crippen molar-refractivity contribution in [3.63, 3.8) is 0 Å². The van der Waals surface area contributed by atoms with Gasteiger partial charge in [0, 0.05) is 4.47 Å². The standard InChI is InChI=1S/C12H11BrN2O2S/c1-6-3-4-9(8(13)5-6)15-12-14-7(2)10(18-12)11(16)17/h3-5H,1-2H3,(H,14,15)(H,16,17). The van der Waals surface area contributed by atoms with Crippen LogP contribution in [0.5, 0.6) is 0 Å². The number of hydrogen-bond donors (Lipinski definition) is 2. The molecule has 94 valence electrons. The molecule has 2 N–H and O–H groups in total. The van der Waals surface area contributed by atoms with E-state index >= 15 is 0 Å². The van der Waals surface area contributed by atoms with Crippen molar-refractivity contribution in [3.8, 4) is 0 Å². The van der Waals surface area contributed by atoms with Gasteiger partial charge in [0.15, 0.2) is 5.13 Å². The number of nitrogens with one attached hydrogen (secondary N) is 1. The highest BCUT2D eigenvalue weighted by Crippen LogP contribution is 2.30. The Kier molecular flexibility index (Phi) is 3.68. The van der Waals surface area contributed by atoms with E-state index in [0.717, 1.165) is 27.1 Å². The Morgan fingerprint density at radius 2 is 2.17 bits per heavy atom. The maximum absolute atomic E-state index is 10.9. The van der Waals surface area contributed by atoms with Gasteiger partial charge in [-0.15, -0.1) is 0 Å². The number of aryl methyl sites for hydroxylation is 2. The topological polar surface area (TPSA) is 62.2 Å². The number of anilines is 2. The van der Waals surface area contributed by atoms with E-state index < -0.39 is 5.97 Å². The molecule has 1 heterocycles. The highest BCUT2D eigenvalue weighted by molar-refractivity contribution is 9.10. The number of aromatic carboxylic acids is 1.